The highest BCUT2D eigenvalue weighted by Crippen LogP contribution is 1.98. The Morgan fingerprint density at radius 3 is 2.65 bits per heavy atom. The number of rotatable bonds is 8. The smallest absolute Gasteiger partial charge is 0.308 e. The minimum atomic E-state index is -0.918. The van der Waals surface area contributed by atoms with Gasteiger partial charge in [-0.05, 0) is 5.22 Å². The fourth-order valence-electron chi connectivity index (χ4n) is 0.742. The Morgan fingerprint density at radius 1 is 1.47 bits per heavy atom. The summed E-state index contributed by atoms with van der Waals surface area (Å²) >= 11 is 0. The number of nitrogens with zero attached hydrogens (tertiary/aromatic N) is 3. The molecule has 8 heteroatoms. The second-order valence-corrected chi connectivity index (χ2v) is 3.21. The zero-order valence-corrected chi connectivity index (χ0v) is 10.1. The molecule has 0 heterocycles. The quantitative estimate of drug-likeness (QED) is 0.297. The van der Waals surface area contributed by atoms with Gasteiger partial charge >= 0.3 is 11.9 Å². The van der Waals surface area contributed by atoms with E-state index in [1.165, 1.54) is 11.9 Å². The van der Waals surface area contributed by atoms with Gasteiger partial charge < -0.3 is 14.7 Å². The number of hydrogen-bond acceptors (Lipinski definition) is 6. The van der Waals surface area contributed by atoms with Crippen LogP contribution in [0.1, 0.15) is 26.7 Å². The lowest BCUT2D eigenvalue weighted by molar-refractivity contribution is -0.177. The van der Waals surface area contributed by atoms with Gasteiger partial charge in [0.05, 0.1) is 6.42 Å². The average molecular weight is 247 g/mol. The van der Waals surface area contributed by atoms with Crippen molar-refractivity contribution in [3.05, 3.63) is 0 Å². The summed E-state index contributed by atoms with van der Waals surface area (Å²) < 4.78 is 4.75. The van der Waals surface area contributed by atoms with Crippen molar-refractivity contribution in [1.29, 1.82) is 0 Å². The largest absolute Gasteiger partial charge is 0.481 e. The molecule has 0 aliphatic heterocycles. The third-order valence-corrected chi connectivity index (χ3v) is 1.62. The van der Waals surface area contributed by atoms with Gasteiger partial charge in [-0.2, -0.15) is 0 Å². The van der Waals surface area contributed by atoms with E-state index in [-0.39, 0.29) is 19.4 Å². The molecule has 0 fully saturated rings. The van der Waals surface area contributed by atoms with Gasteiger partial charge in [-0.3, -0.25) is 14.6 Å². The van der Waals surface area contributed by atoms with Crippen molar-refractivity contribution in [3.8, 4) is 0 Å². The van der Waals surface area contributed by atoms with E-state index in [9.17, 15) is 9.59 Å². The Bertz CT molecular complexity index is 282. The lowest BCUT2D eigenvalue weighted by Crippen LogP contribution is -2.17. The van der Waals surface area contributed by atoms with Crippen molar-refractivity contribution in [2.24, 2.45) is 10.5 Å². The summed E-state index contributed by atoms with van der Waals surface area (Å²) in [6.45, 7) is 3.38. The first-order valence-corrected chi connectivity index (χ1v) is 5.14. The predicted molar refractivity (Wildman–Crippen MR) is 56.7 cm³/mol. The normalized spacial score (nSPS) is 12.2. The summed E-state index contributed by atoms with van der Waals surface area (Å²) in [7, 11) is 1.55. The topological polar surface area (TPSA) is 101 Å². The van der Waals surface area contributed by atoms with Crippen LogP contribution in [-0.2, 0) is 19.2 Å². The summed E-state index contributed by atoms with van der Waals surface area (Å²) in [6.07, 6.45) is -0.613. The molecular formula is C9H17N3O5. The maximum atomic E-state index is 10.8. The molecule has 0 aliphatic rings. The molecule has 0 spiro atoms. The van der Waals surface area contributed by atoms with Crippen LogP contribution in [0.25, 0.3) is 0 Å². The third kappa shape index (κ3) is 9.09. The summed E-state index contributed by atoms with van der Waals surface area (Å²) in [5.74, 6) is -1.31. The molecule has 0 saturated heterocycles. The van der Waals surface area contributed by atoms with Crippen LogP contribution in [0, 0.1) is 0 Å². The zero-order chi connectivity index (χ0) is 13.3. The molecular weight excluding hydrogens is 230 g/mol. The fraction of sp³-hybridized carbons (Fsp3) is 0.778. The summed E-state index contributed by atoms with van der Waals surface area (Å²) in [4.78, 5) is 25.8. The lowest BCUT2D eigenvalue weighted by atomic mass is 10.4. The van der Waals surface area contributed by atoms with Crippen molar-refractivity contribution in [2.45, 2.75) is 33.0 Å². The van der Waals surface area contributed by atoms with Gasteiger partial charge in [-0.25, -0.2) is 0 Å². The van der Waals surface area contributed by atoms with E-state index >= 15 is 0 Å². The van der Waals surface area contributed by atoms with Gasteiger partial charge in [0.25, 0.3) is 6.29 Å². The van der Waals surface area contributed by atoms with Crippen LogP contribution >= 0.6 is 0 Å². The highest BCUT2D eigenvalue weighted by molar-refractivity contribution is 5.68. The van der Waals surface area contributed by atoms with Crippen molar-refractivity contribution in [3.63, 3.8) is 0 Å². The van der Waals surface area contributed by atoms with Crippen LogP contribution in [0.5, 0.6) is 0 Å². The maximum Gasteiger partial charge on any atom is 0.308 e. The number of carboxylic acid groups (broad SMARTS) is 1. The van der Waals surface area contributed by atoms with Crippen molar-refractivity contribution in [1.82, 2.24) is 5.01 Å². The molecule has 0 aromatic rings. The monoisotopic (exact) mass is 247 g/mol. The molecule has 1 atom stereocenters. The van der Waals surface area contributed by atoms with E-state index in [2.05, 4.69) is 10.5 Å². The SMILES string of the molecule is CCC(=O)OC(C)O/N=N\N(C)CCC(=O)O. The first-order chi connectivity index (χ1) is 7.95. The van der Waals surface area contributed by atoms with E-state index in [4.69, 9.17) is 14.7 Å². The Hall–Kier alpha value is -1.86. The van der Waals surface area contributed by atoms with E-state index in [0.29, 0.717) is 0 Å². The summed E-state index contributed by atoms with van der Waals surface area (Å²) in [6, 6.07) is 0. The van der Waals surface area contributed by atoms with E-state index < -0.39 is 18.2 Å². The number of ether oxygens (including phenoxy) is 1. The predicted octanol–water partition coefficient (Wildman–Crippen LogP) is 0.991. The van der Waals surface area contributed by atoms with Gasteiger partial charge in [0.1, 0.15) is 0 Å². The van der Waals surface area contributed by atoms with Crippen LogP contribution in [0.4, 0.5) is 0 Å². The van der Waals surface area contributed by atoms with Gasteiger partial charge in [0, 0.05) is 32.2 Å². The minimum Gasteiger partial charge on any atom is -0.481 e. The van der Waals surface area contributed by atoms with Gasteiger partial charge in [-0.15, -0.1) is 0 Å². The van der Waals surface area contributed by atoms with Crippen molar-refractivity contribution < 1.29 is 24.3 Å². The molecule has 98 valence electrons. The highest BCUT2D eigenvalue weighted by Gasteiger charge is 2.07. The number of carbonyl (C=O) groups is 2. The molecule has 1 unspecified atom stereocenters. The maximum absolute atomic E-state index is 10.8. The first-order valence-electron chi connectivity index (χ1n) is 5.14. The van der Waals surface area contributed by atoms with Crippen LogP contribution in [-0.4, -0.2) is 41.9 Å². The number of aliphatic carboxylic acids is 1. The van der Waals surface area contributed by atoms with Gasteiger partial charge in [-0.1, -0.05) is 6.92 Å². The van der Waals surface area contributed by atoms with E-state index in [1.54, 1.807) is 14.0 Å². The molecule has 0 rings (SSSR count). The van der Waals surface area contributed by atoms with Crippen LogP contribution in [0.3, 0.4) is 0 Å². The van der Waals surface area contributed by atoms with Crippen molar-refractivity contribution >= 4 is 11.9 Å². The molecule has 0 aliphatic carbocycles. The standard InChI is InChI=1S/C9H17N3O5/c1-4-9(15)16-7(2)17-11-10-12(3)6-5-8(13)14/h7H,4-6H2,1-3H3,(H,13,14)/b11-10-. The van der Waals surface area contributed by atoms with E-state index in [1.807, 2.05) is 0 Å². The van der Waals surface area contributed by atoms with Crippen LogP contribution in [0.2, 0.25) is 0 Å². The molecule has 0 saturated carbocycles. The first kappa shape index (κ1) is 15.1. The van der Waals surface area contributed by atoms with Gasteiger partial charge in [0.15, 0.2) is 0 Å². The summed E-state index contributed by atoms with van der Waals surface area (Å²) in [5.41, 5.74) is 0. The molecule has 0 aromatic carbocycles. The van der Waals surface area contributed by atoms with Crippen molar-refractivity contribution in [2.75, 3.05) is 13.6 Å². The van der Waals surface area contributed by atoms with Crippen LogP contribution < -0.4 is 0 Å². The fourth-order valence-corrected chi connectivity index (χ4v) is 0.742. The minimum absolute atomic E-state index is 0.0457. The number of carbonyl (C=O) groups excluding carboxylic acids is 1. The second-order valence-electron chi connectivity index (χ2n) is 3.21. The Labute approximate surface area is 99.1 Å². The third-order valence-electron chi connectivity index (χ3n) is 1.62. The molecule has 1 N–H and O–H groups in total. The van der Waals surface area contributed by atoms with E-state index in [0.717, 1.165) is 0 Å². The molecule has 8 nitrogen and oxygen atoms in total. The van der Waals surface area contributed by atoms with Crippen LogP contribution in [0.15, 0.2) is 10.5 Å². The molecule has 0 radical (unpaired) electrons. The van der Waals surface area contributed by atoms with Gasteiger partial charge in [0.2, 0.25) is 0 Å². The molecule has 0 amide bonds. The Balaban J connectivity index is 3.77. The molecule has 0 bridgehead atoms. The zero-order valence-electron chi connectivity index (χ0n) is 10.1. The second kappa shape index (κ2) is 8.31. The number of hydrogen-bond donors (Lipinski definition) is 1. The lowest BCUT2D eigenvalue weighted by Gasteiger charge is -2.11. The Kier molecular flexibility index (Phi) is 7.40. The summed E-state index contributed by atoms with van der Waals surface area (Å²) in [5, 5.41) is 16.6. The number of esters is 1. The molecule has 17 heavy (non-hydrogen) atoms. The average Bonchev–Trinajstić information content (AvgIpc) is 2.26. The highest BCUT2D eigenvalue weighted by atomic mass is 16.8. The number of carboxylic acids is 1. The Morgan fingerprint density at radius 2 is 2.12 bits per heavy atom. The molecule has 0 aromatic heterocycles.